The van der Waals surface area contributed by atoms with Crippen LogP contribution in [-0.2, 0) is 10.8 Å². The molecule has 606 valence electrons. The summed E-state index contributed by atoms with van der Waals surface area (Å²) >= 11 is 0. The summed E-state index contributed by atoms with van der Waals surface area (Å²) in [6, 6.07) is 184. The minimum absolute atomic E-state index is 0.129. The number of fused-ring (bicyclic) bond motifs is 4. The summed E-state index contributed by atoms with van der Waals surface area (Å²) in [6.07, 6.45) is 0. The van der Waals surface area contributed by atoms with E-state index in [1.165, 1.54) is 96.8 Å². The van der Waals surface area contributed by atoms with Gasteiger partial charge in [0.25, 0.3) is 6.71 Å². The van der Waals surface area contributed by atoms with E-state index < -0.39 is 16.1 Å². The quantitative estimate of drug-likeness (QED) is 0.0624. The fourth-order valence-electron chi connectivity index (χ4n) is 20.4. The Labute approximate surface area is 750 Å². The average Bonchev–Trinajstić information content (AvgIpc) is 0.714. The molecule has 5 heteroatoms. The first kappa shape index (κ1) is 79.5. The molecule has 0 saturated carbocycles. The normalized spacial score (nSPS) is 12.4. The molecule has 2 nitrogen and oxygen atoms in total. The number of para-hydroxylation sites is 1. The Hall–Kier alpha value is -14.7. The van der Waals surface area contributed by atoms with Crippen LogP contribution in [0.25, 0.3) is 89.0 Å². The van der Waals surface area contributed by atoms with Gasteiger partial charge in [-0.3, -0.25) is 0 Å². The standard InChI is InChI=1S/C122H97BN2Si2/c1-121(2,3)100-73-97(74-101(84-100)122(4,5)6)96-68-71-112-117(81-96)124(114-66-38-37-65-110(114)90-49-25-11-26-50-90)118-82-99(83-119-120(118)123(112)113-79-94(88-45-21-9-22-46-88)69-72-115(113)125(119)116-80-95(89-47-23-10-24-48-89)67-70-111(116)91-51-27-12-28-52-91)98-77-108(126(102-55-29-13-30-56-102,103-57-31-14-32-58-103)106-63-39-53-92(75-106)86-41-17-7-18-42-86)85-109(78-98)127(104-59-33-15-34-60-104,105-61-35-16-36-62-105)107-64-40-54-93(76-107)87-43-19-8-20-44-87/h7-85H,1-6H3. The number of anilines is 6. The van der Waals surface area contributed by atoms with Crippen LogP contribution in [0, 0.1) is 0 Å². The molecule has 0 saturated heterocycles. The molecule has 0 atom stereocenters. The summed E-state index contributed by atoms with van der Waals surface area (Å²) in [5, 5.41) is 10.3. The van der Waals surface area contributed by atoms with Crippen LogP contribution in [0.2, 0.25) is 0 Å². The van der Waals surface area contributed by atoms with Gasteiger partial charge in [0.15, 0.2) is 16.1 Å². The van der Waals surface area contributed by atoms with Crippen LogP contribution in [0.4, 0.5) is 34.1 Å². The SMILES string of the molecule is CC(C)(C)c1cc(-c2ccc3c(c2)N(c2ccccc2-c2ccccc2)c2cc(-c4cc([Si](c5ccccc5)(c5ccccc5)c5cccc(-c6ccccc6)c5)cc([Si](c5ccccc5)(c5ccccc5)c5cccc(-c6ccccc6)c5)c4)cc4c2B3c2cc(-c3ccccc3)ccc2N4c2cc(-c3ccccc3)ccc2-c2ccccc2)cc(C(C)(C)C)c1. The van der Waals surface area contributed by atoms with Crippen LogP contribution >= 0.6 is 0 Å². The van der Waals surface area contributed by atoms with E-state index in [1.807, 2.05) is 0 Å². The summed E-state index contributed by atoms with van der Waals surface area (Å²) in [7, 11) is -7.23. The molecular formula is C122H97BN2Si2. The van der Waals surface area contributed by atoms with E-state index in [0.29, 0.717) is 0 Å². The van der Waals surface area contributed by atoms with Gasteiger partial charge in [0.05, 0.1) is 11.4 Å². The Morgan fingerprint density at radius 1 is 0.173 bits per heavy atom. The Morgan fingerprint density at radius 3 is 0.906 bits per heavy atom. The van der Waals surface area contributed by atoms with Gasteiger partial charge in [-0.2, -0.15) is 0 Å². The lowest BCUT2D eigenvalue weighted by molar-refractivity contribution is 0.569. The molecule has 0 fully saturated rings. The topological polar surface area (TPSA) is 6.48 Å². The molecule has 0 unspecified atom stereocenters. The zero-order chi connectivity index (χ0) is 85.8. The first-order valence-corrected chi connectivity index (χ1v) is 48.6. The number of nitrogens with zero attached hydrogens (tertiary/aromatic N) is 2. The van der Waals surface area contributed by atoms with Crippen molar-refractivity contribution in [2.75, 3.05) is 9.80 Å². The average molecular weight is 1660 g/mol. The van der Waals surface area contributed by atoms with Gasteiger partial charge < -0.3 is 9.80 Å². The maximum Gasteiger partial charge on any atom is 0.252 e. The van der Waals surface area contributed by atoms with Gasteiger partial charge in [0.2, 0.25) is 0 Å². The van der Waals surface area contributed by atoms with Gasteiger partial charge >= 0.3 is 0 Å². The van der Waals surface area contributed by atoms with E-state index in [2.05, 4.69) is 531 Å². The van der Waals surface area contributed by atoms with E-state index in [0.717, 1.165) is 95.3 Å². The Bertz CT molecular complexity index is 6940. The van der Waals surface area contributed by atoms with E-state index >= 15 is 0 Å². The van der Waals surface area contributed by atoms with Crippen LogP contribution in [0.1, 0.15) is 52.7 Å². The Morgan fingerprint density at radius 2 is 0.472 bits per heavy atom. The summed E-state index contributed by atoms with van der Waals surface area (Å²) in [5.74, 6) is 0. The molecule has 2 heterocycles. The molecule has 19 aromatic rings. The Balaban J connectivity index is 0.965. The fraction of sp³-hybridized carbons (Fsp3) is 0.0656. The van der Waals surface area contributed by atoms with Crippen molar-refractivity contribution in [3.8, 4) is 89.0 Å². The van der Waals surface area contributed by atoms with Crippen molar-refractivity contribution in [1.82, 2.24) is 0 Å². The van der Waals surface area contributed by atoms with Crippen molar-refractivity contribution in [2.24, 2.45) is 0 Å². The molecule has 0 bridgehead atoms. The van der Waals surface area contributed by atoms with Crippen molar-refractivity contribution in [1.29, 1.82) is 0 Å². The molecule has 21 rings (SSSR count). The second-order valence-electron chi connectivity index (χ2n) is 36.2. The van der Waals surface area contributed by atoms with Crippen molar-refractivity contribution >= 4 is 115 Å². The highest BCUT2D eigenvalue weighted by Crippen LogP contribution is 2.52. The molecular weight excluding hydrogens is 1560 g/mol. The molecule has 0 amide bonds. The summed E-state index contributed by atoms with van der Waals surface area (Å²) in [5.41, 5.74) is 31.0. The molecule has 2 aliphatic heterocycles. The van der Waals surface area contributed by atoms with Gasteiger partial charge in [-0.25, -0.2) is 0 Å². The third-order valence-electron chi connectivity index (χ3n) is 26.6. The van der Waals surface area contributed by atoms with E-state index in [1.54, 1.807) is 0 Å². The molecule has 0 aromatic heterocycles. The van der Waals surface area contributed by atoms with Crippen LogP contribution in [-0.4, -0.2) is 22.9 Å². The van der Waals surface area contributed by atoms with Crippen molar-refractivity contribution in [3.63, 3.8) is 0 Å². The maximum atomic E-state index is 2.73. The van der Waals surface area contributed by atoms with Crippen LogP contribution in [0.15, 0.2) is 479 Å². The van der Waals surface area contributed by atoms with Gasteiger partial charge in [0.1, 0.15) is 0 Å². The predicted molar refractivity (Wildman–Crippen MR) is 549 cm³/mol. The van der Waals surface area contributed by atoms with Gasteiger partial charge in [-0.1, -0.05) is 484 Å². The Kier molecular flexibility index (Phi) is 20.7. The van der Waals surface area contributed by atoms with E-state index in [4.69, 9.17) is 0 Å². The molecule has 19 aromatic carbocycles. The second-order valence-corrected chi connectivity index (χ2v) is 43.9. The number of benzene rings is 19. The third-order valence-corrected chi connectivity index (χ3v) is 36.1. The van der Waals surface area contributed by atoms with Gasteiger partial charge in [-0.15, -0.1) is 0 Å². The van der Waals surface area contributed by atoms with Crippen molar-refractivity contribution in [3.05, 3.63) is 490 Å². The summed E-state index contributed by atoms with van der Waals surface area (Å²) in [4.78, 5) is 5.40. The smallest absolute Gasteiger partial charge is 0.252 e. The van der Waals surface area contributed by atoms with Crippen LogP contribution in [0.3, 0.4) is 0 Å². The highest BCUT2D eigenvalue weighted by molar-refractivity contribution is 7.22. The molecule has 127 heavy (non-hydrogen) atoms. The summed E-state index contributed by atoms with van der Waals surface area (Å²) < 4.78 is 0. The minimum Gasteiger partial charge on any atom is -0.311 e. The highest BCUT2D eigenvalue weighted by atomic mass is 28.3. The molecule has 0 radical (unpaired) electrons. The number of hydrogen-bond acceptors (Lipinski definition) is 2. The zero-order valence-corrected chi connectivity index (χ0v) is 74.6. The lowest BCUT2D eigenvalue weighted by Gasteiger charge is -2.45. The predicted octanol–water partition coefficient (Wildman–Crippen LogP) is 24.5. The fourth-order valence-corrected chi connectivity index (χ4v) is 30.2. The van der Waals surface area contributed by atoms with Crippen LogP contribution < -0.4 is 67.7 Å². The minimum atomic E-state index is -3.61. The third kappa shape index (κ3) is 14.4. The first-order valence-electron chi connectivity index (χ1n) is 44.6. The van der Waals surface area contributed by atoms with Gasteiger partial charge in [-0.05, 0) is 194 Å². The van der Waals surface area contributed by atoms with E-state index in [9.17, 15) is 0 Å². The lowest BCUT2D eigenvalue weighted by Crippen LogP contribution is -2.78. The summed E-state index contributed by atoms with van der Waals surface area (Å²) in [6.45, 7) is 13.9. The lowest BCUT2D eigenvalue weighted by atomic mass is 9.33. The van der Waals surface area contributed by atoms with E-state index in [-0.39, 0.29) is 17.5 Å². The van der Waals surface area contributed by atoms with Crippen molar-refractivity contribution < 1.29 is 0 Å². The van der Waals surface area contributed by atoms with Crippen LogP contribution in [0.5, 0.6) is 0 Å². The monoisotopic (exact) mass is 1660 g/mol. The number of hydrogen-bond donors (Lipinski definition) is 0. The molecule has 2 aliphatic rings. The largest absolute Gasteiger partial charge is 0.311 e. The van der Waals surface area contributed by atoms with Crippen molar-refractivity contribution in [2.45, 2.75) is 52.4 Å². The molecule has 0 N–H and O–H groups in total. The maximum absolute atomic E-state index is 3.61. The molecule has 0 spiro atoms. The number of rotatable bonds is 18. The molecule has 0 aliphatic carbocycles. The van der Waals surface area contributed by atoms with Gasteiger partial charge in [0, 0.05) is 33.9 Å². The second kappa shape index (κ2) is 33.1. The highest BCUT2D eigenvalue weighted by Gasteiger charge is 2.49. The first-order chi connectivity index (χ1) is 62.2. The zero-order valence-electron chi connectivity index (χ0n) is 72.6.